The Bertz CT molecular complexity index is 687. The number of benzene rings is 1. The van der Waals surface area contributed by atoms with Crippen molar-refractivity contribution in [3.05, 3.63) is 23.2 Å². The maximum atomic E-state index is 11.4. The van der Waals surface area contributed by atoms with Gasteiger partial charge in [0.1, 0.15) is 5.52 Å². The predicted molar refractivity (Wildman–Crippen MR) is 81.8 cm³/mol. The molecule has 1 amide bonds. The van der Waals surface area contributed by atoms with Crippen LogP contribution in [0, 0.1) is 0 Å². The van der Waals surface area contributed by atoms with Crippen molar-refractivity contribution in [2.75, 3.05) is 12.8 Å². The molecule has 1 aromatic heterocycles. The highest BCUT2D eigenvalue weighted by atomic mass is 35.5. The first-order chi connectivity index (χ1) is 10.0. The fourth-order valence-electron chi connectivity index (χ4n) is 1.88. The number of nitrogens with zero attached hydrogens (tertiary/aromatic N) is 2. The number of hydrogen-bond acceptors (Lipinski definition) is 4. The van der Waals surface area contributed by atoms with Crippen LogP contribution < -0.4 is 5.32 Å². The number of aromatic nitrogens is 2. The number of carbonyl (C=O) groups is 2. The zero-order valence-electron chi connectivity index (χ0n) is 11.3. The largest absolute Gasteiger partial charge is 0.481 e. The van der Waals surface area contributed by atoms with Crippen molar-refractivity contribution in [3.63, 3.8) is 0 Å². The van der Waals surface area contributed by atoms with Crippen LogP contribution in [0.15, 0.2) is 23.4 Å². The Morgan fingerprint density at radius 2 is 2.24 bits per heavy atom. The fourth-order valence-corrected chi connectivity index (χ4v) is 2.85. The Morgan fingerprint density at radius 1 is 1.48 bits per heavy atom. The van der Waals surface area contributed by atoms with Gasteiger partial charge in [-0.3, -0.25) is 9.59 Å². The summed E-state index contributed by atoms with van der Waals surface area (Å²) in [6, 6.07) is 5.38. The maximum Gasteiger partial charge on any atom is 0.313 e. The van der Waals surface area contributed by atoms with Crippen molar-refractivity contribution in [2.45, 2.75) is 18.1 Å². The highest BCUT2D eigenvalue weighted by Crippen LogP contribution is 2.28. The van der Waals surface area contributed by atoms with Gasteiger partial charge in [0.2, 0.25) is 5.91 Å². The van der Waals surface area contributed by atoms with Gasteiger partial charge >= 0.3 is 5.97 Å². The average molecular weight is 328 g/mol. The van der Waals surface area contributed by atoms with Crippen LogP contribution in [0.4, 0.5) is 0 Å². The third kappa shape index (κ3) is 3.68. The van der Waals surface area contributed by atoms with Gasteiger partial charge in [-0.1, -0.05) is 29.4 Å². The second-order valence-electron chi connectivity index (χ2n) is 4.26. The zero-order chi connectivity index (χ0) is 15.4. The van der Waals surface area contributed by atoms with Gasteiger partial charge in [-0.25, -0.2) is 4.98 Å². The summed E-state index contributed by atoms with van der Waals surface area (Å²) in [5.74, 6) is -1.11. The van der Waals surface area contributed by atoms with Crippen molar-refractivity contribution in [2.24, 2.45) is 0 Å². The molecule has 2 N–H and O–H groups in total. The third-order valence-corrected chi connectivity index (χ3v) is 4.13. The van der Waals surface area contributed by atoms with Crippen molar-refractivity contribution in [1.29, 1.82) is 0 Å². The van der Waals surface area contributed by atoms with Gasteiger partial charge in [0.15, 0.2) is 5.16 Å². The van der Waals surface area contributed by atoms with Gasteiger partial charge in [0.25, 0.3) is 0 Å². The van der Waals surface area contributed by atoms with E-state index >= 15 is 0 Å². The Kier molecular flexibility index (Phi) is 5.08. The molecule has 112 valence electrons. The van der Waals surface area contributed by atoms with E-state index in [1.807, 2.05) is 10.6 Å². The lowest BCUT2D eigenvalue weighted by Crippen LogP contribution is -2.19. The number of fused-ring (bicyclic) bond motifs is 1. The highest BCUT2D eigenvalue weighted by molar-refractivity contribution is 7.99. The molecule has 6 nitrogen and oxygen atoms in total. The molecule has 0 aliphatic carbocycles. The normalized spacial score (nSPS) is 10.8. The highest BCUT2D eigenvalue weighted by Gasteiger charge is 2.15. The Balaban J connectivity index is 2.37. The molecule has 2 aromatic rings. The Labute approximate surface area is 130 Å². The van der Waals surface area contributed by atoms with E-state index in [9.17, 15) is 9.59 Å². The van der Waals surface area contributed by atoms with Crippen LogP contribution in [0.5, 0.6) is 0 Å². The van der Waals surface area contributed by atoms with Crippen LogP contribution in [0.3, 0.4) is 0 Å². The lowest BCUT2D eigenvalue weighted by atomic mass is 10.3. The molecule has 0 aliphatic rings. The fraction of sp³-hybridized carbons (Fsp3) is 0.308. The number of aryl methyl sites for hydroxylation is 1. The SMILES string of the molecule is CNC(=O)CCn1c(SCC(=O)O)nc2c(Cl)cccc21. The standard InChI is InChI=1S/C13H14ClN3O3S/c1-15-10(18)5-6-17-9-4-2-3-8(14)12(9)16-13(17)21-7-11(19)20/h2-4H,5-7H2,1H3,(H,15,18)(H,19,20). The molecule has 1 aromatic carbocycles. The minimum atomic E-state index is -0.920. The van der Waals surface area contributed by atoms with E-state index < -0.39 is 5.97 Å². The summed E-state index contributed by atoms with van der Waals surface area (Å²) in [6.45, 7) is 0.415. The lowest BCUT2D eigenvalue weighted by Gasteiger charge is -2.07. The lowest BCUT2D eigenvalue weighted by molar-refractivity contribution is -0.134. The topological polar surface area (TPSA) is 84.2 Å². The Morgan fingerprint density at radius 3 is 2.90 bits per heavy atom. The summed E-state index contributed by atoms with van der Waals surface area (Å²) in [5.41, 5.74) is 1.41. The predicted octanol–water partition coefficient (Wildman–Crippen LogP) is 2.00. The number of amides is 1. The first-order valence-corrected chi connectivity index (χ1v) is 7.59. The minimum absolute atomic E-state index is 0.0898. The molecule has 0 fully saturated rings. The van der Waals surface area contributed by atoms with Gasteiger partial charge < -0.3 is 15.0 Å². The maximum absolute atomic E-state index is 11.4. The summed E-state index contributed by atoms with van der Waals surface area (Å²) in [6.07, 6.45) is 0.287. The number of thioether (sulfide) groups is 1. The van der Waals surface area contributed by atoms with Crippen molar-refractivity contribution < 1.29 is 14.7 Å². The molecule has 0 atom stereocenters. The van der Waals surface area contributed by atoms with Crippen molar-refractivity contribution >= 4 is 46.3 Å². The molecule has 2 rings (SSSR count). The van der Waals surface area contributed by atoms with Crippen LogP contribution in [0.1, 0.15) is 6.42 Å². The van der Waals surface area contributed by atoms with Gasteiger partial charge in [-0.2, -0.15) is 0 Å². The number of halogens is 1. The van der Waals surface area contributed by atoms with Gasteiger partial charge in [-0.05, 0) is 12.1 Å². The van der Waals surface area contributed by atoms with Crippen LogP contribution in [-0.2, 0) is 16.1 Å². The smallest absolute Gasteiger partial charge is 0.313 e. The third-order valence-electron chi connectivity index (χ3n) is 2.86. The number of hydrogen-bond donors (Lipinski definition) is 2. The van der Waals surface area contributed by atoms with Crippen LogP contribution in [-0.4, -0.2) is 39.3 Å². The zero-order valence-corrected chi connectivity index (χ0v) is 12.9. The van der Waals surface area contributed by atoms with Crippen LogP contribution in [0.2, 0.25) is 5.02 Å². The average Bonchev–Trinajstić information content (AvgIpc) is 2.82. The first kappa shape index (κ1) is 15.7. The number of para-hydroxylation sites is 1. The molecule has 0 radical (unpaired) electrons. The molecule has 0 spiro atoms. The summed E-state index contributed by atoms with van der Waals surface area (Å²) >= 11 is 7.23. The van der Waals surface area contributed by atoms with Gasteiger partial charge in [0, 0.05) is 20.0 Å². The summed E-state index contributed by atoms with van der Waals surface area (Å²) in [7, 11) is 1.57. The number of nitrogens with one attached hydrogen (secondary N) is 1. The molecule has 0 aliphatic heterocycles. The van der Waals surface area contributed by atoms with Crippen molar-refractivity contribution in [1.82, 2.24) is 14.9 Å². The van der Waals surface area contributed by atoms with E-state index in [2.05, 4.69) is 10.3 Å². The van der Waals surface area contributed by atoms with E-state index in [0.29, 0.717) is 22.2 Å². The van der Waals surface area contributed by atoms with E-state index in [4.69, 9.17) is 16.7 Å². The van der Waals surface area contributed by atoms with E-state index in [0.717, 1.165) is 17.3 Å². The number of carboxylic acids is 1. The number of rotatable bonds is 6. The molecule has 0 saturated heterocycles. The van der Waals surface area contributed by atoms with Crippen LogP contribution >= 0.6 is 23.4 Å². The van der Waals surface area contributed by atoms with Crippen molar-refractivity contribution in [3.8, 4) is 0 Å². The molecule has 0 unspecified atom stereocenters. The molecule has 8 heteroatoms. The second-order valence-corrected chi connectivity index (χ2v) is 5.61. The number of aliphatic carboxylic acids is 1. The number of carboxylic acid groups (broad SMARTS) is 1. The molecule has 1 heterocycles. The second kappa shape index (κ2) is 6.82. The molecule has 0 saturated carbocycles. The number of carbonyl (C=O) groups excluding carboxylic acids is 1. The molecular formula is C13H14ClN3O3S. The monoisotopic (exact) mass is 327 g/mol. The minimum Gasteiger partial charge on any atom is -0.481 e. The molecule has 0 bridgehead atoms. The van der Waals surface area contributed by atoms with E-state index in [1.54, 1.807) is 19.2 Å². The van der Waals surface area contributed by atoms with E-state index in [1.165, 1.54) is 0 Å². The van der Waals surface area contributed by atoms with Gasteiger partial charge in [-0.15, -0.1) is 0 Å². The quantitative estimate of drug-likeness (QED) is 0.793. The molecular weight excluding hydrogens is 314 g/mol. The number of imidazole rings is 1. The van der Waals surface area contributed by atoms with E-state index in [-0.39, 0.29) is 18.1 Å². The van der Waals surface area contributed by atoms with Gasteiger partial charge in [0.05, 0.1) is 16.3 Å². The first-order valence-electron chi connectivity index (χ1n) is 6.23. The molecule has 21 heavy (non-hydrogen) atoms. The summed E-state index contributed by atoms with van der Waals surface area (Å²) in [4.78, 5) is 26.5. The Hall–Kier alpha value is -1.73. The summed E-state index contributed by atoms with van der Waals surface area (Å²) in [5, 5.41) is 12.4. The van der Waals surface area contributed by atoms with Crippen LogP contribution in [0.25, 0.3) is 11.0 Å². The summed E-state index contributed by atoms with van der Waals surface area (Å²) < 4.78 is 1.82.